The van der Waals surface area contributed by atoms with Crippen LogP contribution in [0.1, 0.15) is 41.6 Å². The number of carbonyl (C=O) groups excluding carboxylic acids is 1. The van der Waals surface area contributed by atoms with Crippen LogP contribution in [0.15, 0.2) is 36.5 Å². The largest absolute Gasteiger partial charge is 0.417 e. The maximum atomic E-state index is 13.1. The standard InChI is InChI=1S/C26H32F3N5O/c1-18-3-2-4-23(13-18)32-9-5-21(6-10-32)31-22-7-11-34(17-22)25(35)33-12-8-24-19(16-33)14-20(15-30-24)26(27,28)29/h2-4,13-15,21-22,31H,5-12,16-17H2,1H3. The van der Waals surface area contributed by atoms with Crippen molar-refractivity contribution >= 4 is 11.7 Å². The summed E-state index contributed by atoms with van der Waals surface area (Å²) in [6.07, 6.45) is -0.0370. The smallest absolute Gasteiger partial charge is 0.371 e. The van der Waals surface area contributed by atoms with E-state index in [4.69, 9.17) is 0 Å². The summed E-state index contributed by atoms with van der Waals surface area (Å²) in [5, 5.41) is 3.75. The average molecular weight is 488 g/mol. The van der Waals surface area contributed by atoms with Crippen LogP contribution >= 0.6 is 0 Å². The molecule has 0 aliphatic carbocycles. The lowest BCUT2D eigenvalue weighted by Gasteiger charge is -2.35. The SMILES string of the molecule is Cc1cccc(N2CCC(NC3CCN(C(=O)N4CCc5ncc(C(F)(F)F)cc5C4)C3)CC2)c1. The number of fused-ring (bicyclic) bond motifs is 1. The molecule has 1 N–H and O–H groups in total. The highest BCUT2D eigenvalue weighted by molar-refractivity contribution is 5.75. The van der Waals surface area contributed by atoms with E-state index in [1.54, 1.807) is 4.90 Å². The number of nitrogens with zero attached hydrogens (tertiary/aromatic N) is 4. The summed E-state index contributed by atoms with van der Waals surface area (Å²) < 4.78 is 39.2. The van der Waals surface area contributed by atoms with Crippen LogP contribution < -0.4 is 10.2 Å². The molecule has 4 heterocycles. The van der Waals surface area contributed by atoms with Gasteiger partial charge in [-0.1, -0.05) is 12.1 Å². The van der Waals surface area contributed by atoms with Crippen molar-refractivity contribution in [2.75, 3.05) is 37.6 Å². The predicted octanol–water partition coefficient (Wildman–Crippen LogP) is 4.22. The van der Waals surface area contributed by atoms with Gasteiger partial charge < -0.3 is 20.0 Å². The average Bonchev–Trinajstić information content (AvgIpc) is 3.31. The molecule has 0 spiro atoms. The van der Waals surface area contributed by atoms with Crippen molar-refractivity contribution in [2.24, 2.45) is 0 Å². The molecule has 1 aromatic carbocycles. The molecule has 0 saturated carbocycles. The first-order valence-electron chi connectivity index (χ1n) is 12.4. The Hall–Kier alpha value is -2.81. The molecule has 0 radical (unpaired) electrons. The molecule has 9 heteroatoms. The molecule has 2 amide bonds. The lowest BCUT2D eigenvalue weighted by Crippen LogP contribution is -2.48. The second-order valence-corrected chi connectivity index (χ2v) is 9.98. The molecular formula is C26H32F3N5O. The lowest BCUT2D eigenvalue weighted by atomic mass is 10.0. The Labute approximate surface area is 204 Å². The number of hydrogen-bond acceptors (Lipinski definition) is 4. The number of aryl methyl sites for hydroxylation is 1. The number of likely N-dealkylation sites (tertiary alicyclic amines) is 1. The number of alkyl halides is 3. The highest BCUT2D eigenvalue weighted by atomic mass is 19.4. The minimum absolute atomic E-state index is 0.0911. The van der Waals surface area contributed by atoms with E-state index in [1.807, 2.05) is 4.90 Å². The van der Waals surface area contributed by atoms with Gasteiger partial charge in [-0.2, -0.15) is 13.2 Å². The third-order valence-electron chi connectivity index (χ3n) is 7.43. The molecule has 35 heavy (non-hydrogen) atoms. The fourth-order valence-corrected chi connectivity index (χ4v) is 5.48. The van der Waals surface area contributed by atoms with Crippen molar-refractivity contribution in [1.82, 2.24) is 20.1 Å². The first-order chi connectivity index (χ1) is 16.8. The Morgan fingerprint density at radius 2 is 1.80 bits per heavy atom. The number of rotatable bonds is 3. The van der Waals surface area contributed by atoms with Gasteiger partial charge in [-0.15, -0.1) is 0 Å². The summed E-state index contributed by atoms with van der Waals surface area (Å²) in [4.78, 5) is 23.1. The Morgan fingerprint density at radius 1 is 1.03 bits per heavy atom. The molecule has 2 saturated heterocycles. The van der Waals surface area contributed by atoms with Crippen LogP contribution in [-0.2, 0) is 19.1 Å². The molecule has 1 atom stereocenters. The van der Waals surface area contributed by atoms with Crippen molar-refractivity contribution in [3.8, 4) is 0 Å². The summed E-state index contributed by atoms with van der Waals surface area (Å²) in [5.41, 5.74) is 2.94. The summed E-state index contributed by atoms with van der Waals surface area (Å²) in [7, 11) is 0. The van der Waals surface area contributed by atoms with Crippen LogP contribution in [0.5, 0.6) is 0 Å². The van der Waals surface area contributed by atoms with Crippen molar-refractivity contribution in [3.05, 3.63) is 58.9 Å². The quantitative estimate of drug-likeness (QED) is 0.705. The zero-order valence-electron chi connectivity index (χ0n) is 20.0. The van der Waals surface area contributed by atoms with Crippen molar-refractivity contribution in [1.29, 1.82) is 0 Å². The predicted molar refractivity (Wildman–Crippen MR) is 128 cm³/mol. The van der Waals surface area contributed by atoms with Gasteiger partial charge in [0.1, 0.15) is 0 Å². The monoisotopic (exact) mass is 487 g/mol. The van der Waals surface area contributed by atoms with E-state index in [0.717, 1.165) is 44.6 Å². The van der Waals surface area contributed by atoms with Gasteiger partial charge in [-0.25, -0.2) is 4.79 Å². The Balaban J connectivity index is 1.12. The van der Waals surface area contributed by atoms with Gasteiger partial charge in [-0.3, -0.25) is 4.98 Å². The van der Waals surface area contributed by atoms with Crippen LogP contribution in [0.25, 0.3) is 0 Å². The number of pyridine rings is 1. The summed E-state index contributed by atoms with van der Waals surface area (Å²) in [6.45, 7) is 6.11. The first kappa shape index (κ1) is 23.9. The van der Waals surface area contributed by atoms with Crippen molar-refractivity contribution in [3.63, 3.8) is 0 Å². The van der Waals surface area contributed by atoms with Crippen LogP contribution in [0.4, 0.5) is 23.7 Å². The van der Waals surface area contributed by atoms with Crippen LogP contribution in [0, 0.1) is 6.92 Å². The third kappa shape index (κ3) is 5.39. The number of halogens is 3. The molecule has 2 fully saturated rings. The number of anilines is 1. The Morgan fingerprint density at radius 3 is 2.54 bits per heavy atom. The molecule has 2 aromatic rings. The van der Waals surface area contributed by atoms with Crippen molar-refractivity contribution in [2.45, 2.75) is 57.4 Å². The second kappa shape index (κ2) is 9.68. The molecule has 3 aliphatic rings. The maximum Gasteiger partial charge on any atom is 0.417 e. The zero-order chi connectivity index (χ0) is 24.6. The van der Waals surface area contributed by atoms with Gasteiger partial charge >= 0.3 is 12.2 Å². The molecule has 3 aliphatic heterocycles. The number of amides is 2. The van der Waals surface area contributed by atoms with Crippen LogP contribution in [-0.4, -0.2) is 65.6 Å². The maximum absolute atomic E-state index is 13.1. The van der Waals surface area contributed by atoms with E-state index in [0.29, 0.717) is 43.4 Å². The van der Waals surface area contributed by atoms with Crippen molar-refractivity contribution < 1.29 is 18.0 Å². The van der Waals surface area contributed by atoms with Gasteiger partial charge in [0, 0.05) is 75.4 Å². The zero-order valence-corrected chi connectivity index (χ0v) is 20.0. The lowest BCUT2D eigenvalue weighted by molar-refractivity contribution is -0.137. The summed E-state index contributed by atoms with van der Waals surface area (Å²) >= 11 is 0. The molecule has 1 unspecified atom stereocenters. The number of carbonyl (C=O) groups is 1. The number of benzene rings is 1. The number of hydrogen-bond donors (Lipinski definition) is 1. The van der Waals surface area contributed by atoms with E-state index >= 15 is 0 Å². The molecule has 1 aromatic heterocycles. The molecular weight excluding hydrogens is 455 g/mol. The minimum Gasteiger partial charge on any atom is -0.371 e. The number of nitrogens with one attached hydrogen (secondary N) is 1. The highest BCUT2D eigenvalue weighted by Crippen LogP contribution is 2.31. The second-order valence-electron chi connectivity index (χ2n) is 9.98. The molecule has 0 bridgehead atoms. The van der Waals surface area contributed by atoms with E-state index in [1.165, 1.54) is 11.3 Å². The number of aromatic nitrogens is 1. The molecule has 5 rings (SSSR count). The topological polar surface area (TPSA) is 51.7 Å². The van der Waals surface area contributed by atoms with Crippen LogP contribution in [0.3, 0.4) is 0 Å². The van der Waals surface area contributed by atoms with Gasteiger partial charge in [0.15, 0.2) is 0 Å². The number of piperidine rings is 1. The summed E-state index contributed by atoms with van der Waals surface area (Å²) in [6, 6.07) is 10.4. The fraction of sp³-hybridized carbons (Fsp3) is 0.538. The van der Waals surface area contributed by atoms with Crippen LogP contribution in [0.2, 0.25) is 0 Å². The minimum atomic E-state index is -4.43. The fourth-order valence-electron chi connectivity index (χ4n) is 5.48. The van der Waals surface area contributed by atoms with Gasteiger partial charge in [0.05, 0.1) is 5.56 Å². The Kier molecular flexibility index (Phi) is 6.61. The Bertz CT molecular complexity index is 1070. The highest BCUT2D eigenvalue weighted by Gasteiger charge is 2.35. The van der Waals surface area contributed by atoms with E-state index < -0.39 is 11.7 Å². The van der Waals surface area contributed by atoms with E-state index in [2.05, 4.69) is 46.4 Å². The van der Waals surface area contributed by atoms with Gasteiger partial charge in [0.2, 0.25) is 0 Å². The van der Waals surface area contributed by atoms with Gasteiger partial charge in [-0.05, 0) is 55.5 Å². The van der Waals surface area contributed by atoms with Gasteiger partial charge in [0.25, 0.3) is 0 Å². The molecule has 6 nitrogen and oxygen atoms in total. The van der Waals surface area contributed by atoms with E-state index in [-0.39, 0.29) is 18.6 Å². The third-order valence-corrected chi connectivity index (χ3v) is 7.43. The first-order valence-corrected chi connectivity index (χ1v) is 12.4. The molecule has 188 valence electrons. The summed E-state index contributed by atoms with van der Waals surface area (Å²) in [5.74, 6) is 0. The number of urea groups is 1. The normalized spacial score (nSPS) is 21.4. The van der Waals surface area contributed by atoms with E-state index in [9.17, 15) is 18.0 Å².